The molecule has 0 fully saturated rings. The lowest BCUT2D eigenvalue weighted by molar-refractivity contribution is -0.114. The Kier molecular flexibility index (Phi) is 8.11. The van der Waals surface area contributed by atoms with Crippen molar-refractivity contribution in [1.82, 2.24) is 0 Å². The maximum atomic E-state index is 11.8. The number of carbonyl (C=O) groups is 1. The maximum Gasteiger partial charge on any atom is 0.203 e. The van der Waals surface area contributed by atoms with Crippen LogP contribution in [-0.2, 0) is 4.79 Å². The number of unbranched alkanes of at least 4 members (excludes halogenated alkanes) is 3. The van der Waals surface area contributed by atoms with Gasteiger partial charge in [-0.2, -0.15) is 0 Å². The second-order valence-electron chi connectivity index (χ2n) is 5.07. The van der Waals surface area contributed by atoms with Gasteiger partial charge >= 0.3 is 0 Å². The molecule has 122 valence electrons. The first-order chi connectivity index (χ1) is 10.7. The Hall–Kier alpha value is -1.97. The molecule has 1 aromatic carbocycles. The molecule has 0 radical (unpaired) electrons. The number of rotatable bonds is 10. The molecular weight excluding hydrogens is 280 g/mol. The van der Waals surface area contributed by atoms with Crippen LogP contribution in [0.25, 0.3) is 6.08 Å². The third kappa shape index (κ3) is 5.43. The molecule has 0 aliphatic heterocycles. The topological polar surface area (TPSA) is 44.8 Å². The predicted octanol–water partition coefficient (Wildman–Crippen LogP) is 4.27. The average molecular weight is 306 g/mol. The molecule has 0 atom stereocenters. The van der Waals surface area contributed by atoms with Crippen LogP contribution in [0, 0.1) is 0 Å². The van der Waals surface area contributed by atoms with Crippen molar-refractivity contribution in [1.29, 1.82) is 0 Å². The lowest BCUT2D eigenvalue weighted by Gasteiger charge is -2.12. The van der Waals surface area contributed by atoms with Crippen LogP contribution >= 0.6 is 0 Å². The van der Waals surface area contributed by atoms with Gasteiger partial charge in [0.2, 0.25) is 5.75 Å². The fourth-order valence-corrected chi connectivity index (χ4v) is 2.20. The molecule has 0 aliphatic rings. The first-order valence-corrected chi connectivity index (χ1v) is 7.67. The molecule has 0 N–H and O–H groups in total. The van der Waals surface area contributed by atoms with Gasteiger partial charge < -0.3 is 14.2 Å². The van der Waals surface area contributed by atoms with E-state index in [1.807, 2.05) is 12.1 Å². The number of hydrogen-bond acceptors (Lipinski definition) is 4. The van der Waals surface area contributed by atoms with Gasteiger partial charge in [-0.3, -0.25) is 4.79 Å². The van der Waals surface area contributed by atoms with E-state index in [0.717, 1.165) is 18.4 Å². The second-order valence-corrected chi connectivity index (χ2v) is 5.07. The van der Waals surface area contributed by atoms with Crippen LogP contribution in [0.4, 0.5) is 0 Å². The molecule has 0 bridgehead atoms. The van der Waals surface area contributed by atoms with Gasteiger partial charge in [-0.25, -0.2) is 0 Å². The van der Waals surface area contributed by atoms with Gasteiger partial charge in [-0.1, -0.05) is 32.3 Å². The Bertz CT molecular complexity index is 481. The molecule has 0 aromatic heterocycles. The van der Waals surface area contributed by atoms with E-state index >= 15 is 0 Å². The van der Waals surface area contributed by atoms with Crippen LogP contribution in [0.5, 0.6) is 17.2 Å². The summed E-state index contributed by atoms with van der Waals surface area (Å²) < 4.78 is 15.9. The SMILES string of the molecule is CCCCCCC(=O)/C=C/c1cc(OC)c(OC)c(OC)c1. The maximum absolute atomic E-state index is 11.8. The molecule has 1 aromatic rings. The quantitative estimate of drug-likeness (QED) is 0.478. The summed E-state index contributed by atoms with van der Waals surface area (Å²) in [5.74, 6) is 1.85. The summed E-state index contributed by atoms with van der Waals surface area (Å²) in [6, 6.07) is 3.64. The van der Waals surface area contributed by atoms with Crippen LogP contribution in [0.1, 0.15) is 44.6 Å². The number of benzene rings is 1. The number of ether oxygens (including phenoxy) is 3. The van der Waals surface area contributed by atoms with Crippen LogP contribution in [0.2, 0.25) is 0 Å². The largest absolute Gasteiger partial charge is 0.493 e. The van der Waals surface area contributed by atoms with Crippen molar-refractivity contribution in [3.05, 3.63) is 23.8 Å². The zero-order valence-corrected chi connectivity index (χ0v) is 14.0. The van der Waals surface area contributed by atoms with Crippen molar-refractivity contribution < 1.29 is 19.0 Å². The molecule has 0 spiro atoms. The van der Waals surface area contributed by atoms with Gasteiger partial charge in [0, 0.05) is 6.42 Å². The van der Waals surface area contributed by atoms with Crippen LogP contribution in [-0.4, -0.2) is 27.1 Å². The Balaban J connectivity index is 2.76. The summed E-state index contributed by atoms with van der Waals surface area (Å²) >= 11 is 0. The Labute approximate surface area is 133 Å². The van der Waals surface area contributed by atoms with E-state index in [0.29, 0.717) is 23.7 Å². The van der Waals surface area contributed by atoms with Gasteiger partial charge in [-0.15, -0.1) is 0 Å². The highest BCUT2D eigenvalue weighted by atomic mass is 16.5. The van der Waals surface area contributed by atoms with Crippen molar-refractivity contribution in [2.75, 3.05) is 21.3 Å². The van der Waals surface area contributed by atoms with Gasteiger partial charge in [0.05, 0.1) is 21.3 Å². The van der Waals surface area contributed by atoms with E-state index in [1.165, 1.54) is 12.8 Å². The fourth-order valence-electron chi connectivity index (χ4n) is 2.20. The Morgan fingerprint density at radius 1 is 1.00 bits per heavy atom. The van der Waals surface area contributed by atoms with Crippen LogP contribution in [0.3, 0.4) is 0 Å². The predicted molar refractivity (Wildman–Crippen MR) is 88.9 cm³/mol. The first kappa shape index (κ1) is 18.1. The summed E-state index contributed by atoms with van der Waals surface area (Å²) in [6.45, 7) is 2.16. The minimum absolute atomic E-state index is 0.143. The standard InChI is InChI=1S/C18H26O4/c1-5-6-7-8-9-15(19)11-10-14-12-16(20-2)18(22-4)17(13-14)21-3/h10-13H,5-9H2,1-4H3/b11-10+. The van der Waals surface area contributed by atoms with Gasteiger partial charge in [0.25, 0.3) is 0 Å². The molecule has 4 heteroatoms. The lowest BCUT2D eigenvalue weighted by Crippen LogP contribution is -1.96. The molecular formula is C18H26O4. The minimum atomic E-state index is 0.143. The van der Waals surface area contributed by atoms with Gasteiger partial charge in [-0.05, 0) is 30.2 Å². The Morgan fingerprint density at radius 2 is 1.64 bits per heavy atom. The van der Waals surface area contributed by atoms with E-state index in [2.05, 4.69) is 6.92 Å². The summed E-state index contributed by atoms with van der Waals surface area (Å²) in [5.41, 5.74) is 0.844. The molecule has 1 rings (SSSR count). The van der Waals surface area contributed by atoms with Crippen LogP contribution in [0.15, 0.2) is 18.2 Å². The zero-order valence-electron chi connectivity index (χ0n) is 14.0. The van der Waals surface area contributed by atoms with Crippen LogP contribution < -0.4 is 14.2 Å². The molecule has 0 heterocycles. The summed E-state index contributed by atoms with van der Waals surface area (Å²) in [4.78, 5) is 11.8. The minimum Gasteiger partial charge on any atom is -0.493 e. The zero-order chi connectivity index (χ0) is 16.4. The number of allylic oxidation sites excluding steroid dienone is 1. The normalized spacial score (nSPS) is 10.7. The summed E-state index contributed by atoms with van der Waals surface area (Å²) in [5, 5.41) is 0. The average Bonchev–Trinajstić information content (AvgIpc) is 2.55. The van der Waals surface area contributed by atoms with E-state index in [4.69, 9.17) is 14.2 Å². The summed E-state index contributed by atoms with van der Waals surface area (Å²) in [6.07, 6.45) is 8.42. The van der Waals surface area contributed by atoms with E-state index in [9.17, 15) is 4.79 Å². The van der Waals surface area contributed by atoms with Gasteiger partial charge in [0.15, 0.2) is 17.3 Å². The molecule has 0 saturated carbocycles. The number of hydrogen-bond donors (Lipinski definition) is 0. The van der Waals surface area contributed by atoms with Crippen molar-refractivity contribution in [3.8, 4) is 17.2 Å². The Morgan fingerprint density at radius 3 is 2.14 bits per heavy atom. The third-order valence-electron chi connectivity index (χ3n) is 3.43. The molecule has 22 heavy (non-hydrogen) atoms. The molecule has 0 saturated heterocycles. The molecule has 0 amide bonds. The van der Waals surface area contributed by atoms with Crippen molar-refractivity contribution in [2.24, 2.45) is 0 Å². The smallest absolute Gasteiger partial charge is 0.203 e. The fraction of sp³-hybridized carbons (Fsp3) is 0.500. The van der Waals surface area contributed by atoms with Crippen molar-refractivity contribution in [2.45, 2.75) is 39.0 Å². The number of carbonyl (C=O) groups excluding carboxylic acids is 1. The van der Waals surface area contributed by atoms with E-state index < -0.39 is 0 Å². The van der Waals surface area contributed by atoms with Crippen molar-refractivity contribution in [3.63, 3.8) is 0 Å². The third-order valence-corrected chi connectivity index (χ3v) is 3.43. The molecule has 0 aliphatic carbocycles. The lowest BCUT2D eigenvalue weighted by atomic mass is 10.1. The number of ketones is 1. The number of methoxy groups -OCH3 is 3. The second kappa shape index (κ2) is 9.87. The monoisotopic (exact) mass is 306 g/mol. The van der Waals surface area contributed by atoms with E-state index in [1.54, 1.807) is 33.5 Å². The van der Waals surface area contributed by atoms with E-state index in [-0.39, 0.29) is 5.78 Å². The summed E-state index contributed by atoms with van der Waals surface area (Å²) in [7, 11) is 4.71. The molecule has 4 nitrogen and oxygen atoms in total. The van der Waals surface area contributed by atoms with Crippen molar-refractivity contribution >= 4 is 11.9 Å². The first-order valence-electron chi connectivity index (χ1n) is 7.67. The highest BCUT2D eigenvalue weighted by Crippen LogP contribution is 2.38. The molecule has 0 unspecified atom stereocenters. The highest BCUT2D eigenvalue weighted by molar-refractivity contribution is 5.93. The van der Waals surface area contributed by atoms with Gasteiger partial charge in [0.1, 0.15) is 0 Å². The highest BCUT2D eigenvalue weighted by Gasteiger charge is 2.12.